The van der Waals surface area contributed by atoms with Crippen molar-refractivity contribution in [2.75, 3.05) is 28.4 Å². The molecule has 4 aliphatic rings. The van der Waals surface area contributed by atoms with E-state index in [4.69, 9.17) is 28.2 Å². The average Bonchev–Trinajstić information content (AvgIpc) is 3.55. The highest BCUT2D eigenvalue weighted by molar-refractivity contribution is 6.17. The molecule has 2 bridgehead atoms. The van der Waals surface area contributed by atoms with Gasteiger partial charge in [-0.1, -0.05) is 0 Å². The van der Waals surface area contributed by atoms with Crippen LogP contribution < -0.4 is 14.2 Å². The number of fused-ring (bicyclic) bond motifs is 8. The van der Waals surface area contributed by atoms with Crippen LogP contribution in [0.2, 0.25) is 0 Å². The number of nitrogens with zero attached hydrogens (tertiary/aromatic N) is 1. The Kier molecular flexibility index (Phi) is 3.87. The monoisotopic (exact) mass is 473 g/mol. The predicted octanol–water partition coefficient (Wildman–Crippen LogP) is 0.191. The zero-order valence-corrected chi connectivity index (χ0v) is 18.4. The molecule has 2 unspecified atom stereocenters. The molecule has 0 saturated heterocycles. The molecule has 178 valence electrons. The lowest BCUT2D eigenvalue weighted by Gasteiger charge is -2.36. The molecule has 3 aliphatic heterocycles. The molecule has 1 saturated carbocycles. The van der Waals surface area contributed by atoms with Crippen molar-refractivity contribution in [3.63, 3.8) is 0 Å². The molecule has 6 rings (SSSR count). The summed E-state index contributed by atoms with van der Waals surface area (Å²) in [5, 5.41) is 24.7. The van der Waals surface area contributed by atoms with E-state index in [1.807, 2.05) is 0 Å². The van der Waals surface area contributed by atoms with Crippen LogP contribution in [0, 0.1) is 5.92 Å². The topological polar surface area (TPSA) is 154 Å². The van der Waals surface area contributed by atoms with Gasteiger partial charge in [0.25, 0.3) is 5.91 Å². The van der Waals surface area contributed by atoms with Gasteiger partial charge >= 0.3 is 11.9 Å². The summed E-state index contributed by atoms with van der Waals surface area (Å²) in [6.45, 7) is 0. The number of carbonyl (C=O) groups is 3. The number of methoxy groups -OCH3 is 2. The number of amides is 1. The van der Waals surface area contributed by atoms with Gasteiger partial charge in [0.1, 0.15) is 40.2 Å². The first-order chi connectivity index (χ1) is 16.2. The third-order valence-electron chi connectivity index (χ3n) is 7.30. The average molecular weight is 473 g/mol. The number of carbonyl (C=O) groups excluding carboxylic acids is 3. The molecule has 5 atom stereocenters. The Bertz CT molecular complexity index is 1310. The van der Waals surface area contributed by atoms with Crippen LogP contribution in [-0.4, -0.2) is 67.6 Å². The van der Waals surface area contributed by atoms with Gasteiger partial charge in [-0.25, -0.2) is 14.7 Å². The van der Waals surface area contributed by atoms with Gasteiger partial charge in [-0.15, -0.1) is 0 Å². The van der Waals surface area contributed by atoms with Crippen LogP contribution >= 0.6 is 0 Å². The highest BCUT2D eigenvalue weighted by Crippen LogP contribution is 2.74. The second-order valence-electron chi connectivity index (χ2n) is 8.50. The first-order valence-electron chi connectivity index (χ1n) is 10.3. The predicted molar refractivity (Wildman–Crippen MR) is 106 cm³/mol. The minimum Gasteiger partial charge on any atom is -0.496 e. The molecule has 1 spiro atoms. The number of hydrogen-bond acceptors (Lipinski definition) is 11. The number of furan rings is 1. The zero-order chi connectivity index (χ0) is 24.3. The first kappa shape index (κ1) is 21.0. The lowest BCUT2D eigenvalue weighted by Crippen LogP contribution is -2.52. The highest BCUT2D eigenvalue weighted by Gasteiger charge is 2.84. The molecule has 1 aromatic carbocycles. The van der Waals surface area contributed by atoms with Gasteiger partial charge < -0.3 is 33.6 Å². The van der Waals surface area contributed by atoms with Crippen LogP contribution in [-0.2, 0) is 25.6 Å². The molecule has 34 heavy (non-hydrogen) atoms. The van der Waals surface area contributed by atoms with Crippen molar-refractivity contribution in [3.05, 3.63) is 40.3 Å². The summed E-state index contributed by atoms with van der Waals surface area (Å²) < 4.78 is 27.7. The van der Waals surface area contributed by atoms with E-state index < -0.39 is 47.0 Å². The molecule has 0 radical (unpaired) electrons. The molecule has 1 aliphatic carbocycles. The van der Waals surface area contributed by atoms with Crippen LogP contribution in [0.3, 0.4) is 0 Å². The van der Waals surface area contributed by atoms with Crippen molar-refractivity contribution in [3.8, 4) is 17.2 Å². The Morgan fingerprint density at radius 3 is 2.47 bits per heavy atom. The molecular weight excluding hydrogens is 454 g/mol. The number of hydroxylamine groups is 2. The van der Waals surface area contributed by atoms with E-state index in [-0.39, 0.29) is 39.7 Å². The van der Waals surface area contributed by atoms with Crippen molar-refractivity contribution >= 4 is 17.8 Å². The van der Waals surface area contributed by atoms with E-state index in [2.05, 4.69) is 0 Å². The molecule has 1 aromatic heterocycles. The number of hydrogen-bond donors (Lipinski definition) is 2. The summed E-state index contributed by atoms with van der Waals surface area (Å²) >= 11 is 0. The summed E-state index contributed by atoms with van der Waals surface area (Å²) in [5.41, 5.74) is -4.57. The quantitative estimate of drug-likeness (QED) is 0.355. The number of aliphatic hydroxyl groups is 2. The van der Waals surface area contributed by atoms with E-state index >= 15 is 0 Å². The van der Waals surface area contributed by atoms with Gasteiger partial charge in [-0.2, -0.15) is 0 Å². The Balaban J connectivity index is 1.68. The van der Waals surface area contributed by atoms with E-state index in [0.717, 1.165) is 5.06 Å². The second-order valence-corrected chi connectivity index (χ2v) is 8.50. The Morgan fingerprint density at radius 1 is 1.12 bits per heavy atom. The molecule has 2 aromatic rings. The smallest absolute Gasteiger partial charge is 0.350 e. The summed E-state index contributed by atoms with van der Waals surface area (Å²) in [6.07, 6.45) is -1.77. The first-order valence-corrected chi connectivity index (χ1v) is 10.3. The highest BCUT2D eigenvalue weighted by atomic mass is 16.7. The number of esters is 2. The van der Waals surface area contributed by atoms with E-state index in [1.165, 1.54) is 40.5 Å². The second kappa shape index (κ2) is 6.29. The number of rotatable bonds is 4. The van der Waals surface area contributed by atoms with Gasteiger partial charge in [-0.05, 0) is 0 Å². The molecule has 4 heterocycles. The van der Waals surface area contributed by atoms with Crippen LogP contribution in [0.25, 0.3) is 0 Å². The zero-order valence-electron chi connectivity index (χ0n) is 18.4. The number of ether oxygens (including phenoxy) is 4. The Morgan fingerprint density at radius 2 is 1.82 bits per heavy atom. The summed E-state index contributed by atoms with van der Waals surface area (Å²) in [5.74, 6) is -4.91. The number of benzene rings is 1. The van der Waals surface area contributed by atoms with Crippen LogP contribution in [0.4, 0.5) is 0 Å². The van der Waals surface area contributed by atoms with Gasteiger partial charge in [0.2, 0.25) is 5.60 Å². The SMILES string of the molecule is COc1cc(OC)c2c(c1)OC13c4oc(c5c4C(=O)OC5=O)C1[C@@H](C(=O)N(C)OC)[C@@H](O)[C@@]23O. The van der Waals surface area contributed by atoms with E-state index in [9.17, 15) is 24.6 Å². The minimum atomic E-state index is -2.32. The van der Waals surface area contributed by atoms with Gasteiger partial charge in [-0.3, -0.25) is 9.63 Å². The lowest BCUT2D eigenvalue weighted by molar-refractivity contribution is -0.181. The minimum absolute atomic E-state index is 0.0489. The maximum Gasteiger partial charge on any atom is 0.350 e. The summed E-state index contributed by atoms with van der Waals surface area (Å²) in [7, 11) is 5.39. The molecule has 2 N–H and O–H groups in total. The number of aliphatic hydroxyl groups excluding tert-OH is 1. The normalized spacial score (nSPS) is 31.4. The van der Waals surface area contributed by atoms with Crippen LogP contribution in [0.5, 0.6) is 17.2 Å². The summed E-state index contributed by atoms with van der Waals surface area (Å²) in [4.78, 5) is 43.3. The maximum absolute atomic E-state index is 13.3. The van der Waals surface area contributed by atoms with Crippen molar-refractivity contribution in [2.45, 2.75) is 23.2 Å². The lowest BCUT2D eigenvalue weighted by atomic mass is 9.71. The Labute approximate surface area is 191 Å². The third kappa shape index (κ3) is 1.95. The molecular formula is C22H19NO11. The van der Waals surface area contributed by atoms with Gasteiger partial charge in [0.15, 0.2) is 11.4 Å². The van der Waals surface area contributed by atoms with Crippen molar-refractivity contribution in [1.29, 1.82) is 0 Å². The largest absolute Gasteiger partial charge is 0.496 e. The fourth-order valence-electron chi connectivity index (χ4n) is 5.90. The van der Waals surface area contributed by atoms with Crippen LogP contribution in [0.1, 0.15) is 43.7 Å². The standard InChI is InChI=1S/C22H19NO11/c1-23(31-4)18(25)12-14-15-10-11(20(27)33-19(10)26)17(32-15)22(14)21(28,16(12)24)13-8(30-3)5-7(29-2)6-9(13)34-22/h5-6,12,14,16,24,28H,1-4H3/t12-,14?,16-,21+,22?/m1/s1. The molecule has 1 fully saturated rings. The van der Waals surface area contributed by atoms with E-state index in [0.29, 0.717) is 5.75 Å². The molecule has 12 nitrogen and oxygen atoms in total. The number of cyclic esters (lactones) is 2. The van der Waals surface area contributed by atoms with E-state index in [1.54, 1.807) is 0 Å². The maximum atomic E-state index is 13.3. The van der Waals surface area contributed by atoms with Crippen molar-refractivity contribution in [2.24, 2.45) is 5.92 Å². The van der Waals surface area contributed by atoms with Gasteiger partial charge in [0.05, 0.1) is 38.7 Å². The fourth-order valence-corrected chi connectivity index (χ4v) is 5.90. The molecule has 12 heteroatoms. The summed E-state index contributed by atoms with van der Waals surface area (Å²) in [6, 6.07) is 2.97. The van der Waals surface area contributed by atoms with Crippen molar-refractivity contribution in [1.82, 2.24) is 5.06 Å². The van der Waals surface area contributed by atoms with Gasteiger partial charge in [0, 0.05) is 19.2 Å². The molecule has 1 amide bonds. The fraction of sp³-hybridized carbons (Fsp3) is 0.409. The van der Waals surface area contributed by atoms with Crippen molar-refractivity contribution < 1.29 is 52.8 Å². The third-order valence-corrected chi connectivity index (χ3v) is 7.30. The Hall–Kier alpha value is -3.61. The van der Waals surface area contributed by atoms with Crippen LogP contribution in [0.15, 0.2) is 16.5 Å².